The second kappa shape index (κ2) is 7.02. The highest BCUT2D eigenvalue weighted by Gasteiger charge is 2.11. The van der Waals surface area contributed by atoms with E-state index in [9.17, 15) is 0 Å². The number of hydrogen-bond acceptors (Lipinski definition) is 5. The molecule has 3 aromatic rings. The van der Waals surface area contributed by atoms with Gasteiger partial charge in [-0.3, -0.25) is 0 Å². The first-order valence-corrected chi connectivity index (χ1v) is 8.02. The van der Waals surface area contributed by atoms with Crippen molar-refractivity contribution >= 4 is 38.4 Å². The molecule has 0 aliphatic rings. The number of hydrogen-bond donors (Lipinski definition) is 3. The van der Waals surface area contributed by atoms with Crippen LogP contribution in [0.15, 0.2) is 45.3 Å². The van der Waals surface area contributed by atoms with Gasteiger partial charge >= 0.3 is 0 Å². The van der Waals surface area contributed by atoms with E-state index < -0.39 is 0 Å². The van der Waals surface area contributed by atoms with Crippen LogP contribution in [-0.2, 0) is 0 Å². The number of nitrogens with zero attached hydrogens (tertiary/aromatic N) is 1. The van der Waals surface area contributed by atoms with Crippen molar-refractivity contribution in [1.29, 1.82) is 0 Å². The number of fused-ring (bicyclic) bond motifs is 1. The molecule has 0 fully saturated rings. The van der Waals surface area contributed by atoms with E-state index in [4.69, 9.17) is 10.2 Å². The molecule has 0 aliphatic carbocycles. The summed E-state index contributed by atoms with van der Waals surface area (Å²) in [5.74, 6) is 1.14. The van der Waals surface area contributed by atoms with E-state index in [2.05, 4.69) is 40.1 Å². The number of rotatable bonds is 4. The minimum absolute atomic E-state index is 0. The summed E-state index contributed by atoms with van der Waals surface area (Å²) in [6, 6.07) is 11.6. The van der Waals surface area contributed by atoms with E-state index in [1.165, 1.54) is 0 Å². The van der Waals surface area contributed by atoms with E-state index in [0.29, 0.717) is 17.5 Å². The highest BCUT2D eigenvalue weighted by Crippen LogP contribution is 2.31. The standard InChI is InChI=1S/C17H18BrN3O.H3N/c1-10(2)9-20-14-7-6-11(8-13(14)19)17-21-15-5-3-4-12(18)16(15)22-17;/h3-8,10,20H,9,19H2,1-2H3;1H3. The Labute approximate surface area is 144 Å². The van der Waals surface area contributed by atoms with Crippen molar-refractivity contribution in [1.82, 2.24) is 11.1 Å². The highest BCUT2D eigenvalue weighted by atomic mass is 79.9. The molecule has 0 saturated heterocycles. The largest absolute Gasteiger partial charge is 0.435 e. The van der Waals surface area contributed by atoms with Crippen LogP contribution in [0.3, 0.4) is 0 Å². The van der Waals surface area contributed by atoms with Gasteiger partial charge in [0.1, 0.15) is 5.52 Å². The van der Waals surface area contributed by atoms with Gasteiger partial charge in [-0.1, -0.05) is 19.9 Å². The van der Waals surface area contributed by atoms with Crippen LogP contribution in [0.1, 0.15) is 13.8 Å². The van der Waals surface area contributed by atoms with Crippen molar-refractivity contribution in [3.05, 3.63) is 40.9 Å². The lowest BCUT2D eigenvalue weighted by molar-refractivity contribution is 0.618. The SMILES string of the molecule is CC(C)CNc1ccc(-c2nc3cccc(Br)c3o2)cc1N.N. The molecule has 0 spiro atoms. The fraction of sp³-hybridized carbons (Fsp3) is 0.235. The minimum Gasteiger partial charge on any atom is -0.435 e. The predicted octanol–water partition coefficient (Wildman–Crippen LogP) is 5.07. The average Bonchev–Trinajstić information content (AvgIpc) is 2.91. The first-order valence-electron chi connectivity index (χ1n) is 7.23. The number of para-hydroxylation sites is 1. The molecule has 2 aromatic carbocycles. The van der Waals surface area contributed by atoms with Crippen molar-refractivity contribution in [2.45, 2.75) is 13.8 Å². The molecule has 6 N–H and O–H groups in total. The fourth-order valence-electron chi connectivity index (χ4n) is 2.21. The zero-order chi connectivity index (χ0) is 15.7. The second-order valence-electron chi connectivity index (χ2n) is 5.68. The lowest BCUT2D eigenvalue weighted by Crippen LogP contribution is -2.09. The van der Waals surface area contributed by atoms with Crippen LogP contribution in [-0.4, -0.2) is 11.5 Å². The number of halogens is 1. The summed E-state index contributed by atoms with van der Waals surface area (Å²) >= 11 is 3.47. The molecule has 122 valence electrons. The van der Waals surface area contributed by atoms with E-state index >= 15 is 0 Å². The Hall–Kier alpha value is -2.05. The van der Waals surface area contributed by atoms with Crippen LogP contribution in [0.5, 0.6) is 0 Å². The summed E-state index contributed by atoms with van der Waals surface area (Å²) in [6.45, 7) is 5.21. The fourth-order valence-corrected chi connectivity index (χ4v) is 2.65. The molecule has 3 rings (SSSR count). The van der Waals surface area contributed by atoms with Crippen molar-refractivity contribution in [3.63, 3.8) is 0 Å². The van der Waals surface area contributed by atoms with Gasteiger partial charge in [0.2, 0.25) is 5.89 Å². The van der Waals surface area contributed by atoms with E-state index in [1.807, 2.05) is 36.4 Å². The molecule has 0 atom stereocenters. The number of aromatic nitrogens is 1. The lowest BCUT2D eigenvalue weighted by atomic mass is 10.1. The molecule has 0 radical (unpaired) electrons. The van der Waals surface area contributed by atoms with E-state index in [-0.39, 0.29) is 6.15 Å². The highest BCUT2D eigenvalue weighted by molar-refractivity contribution is 9.10. The predicted molar refractivity (Wildman–Crippen MR) is 99.9 cm³/mol. The third-order valence-electron chi connectivity index (χ3n) is 3.37. The van der Waals surface area contributed by atoms with Gasteiger partial charge < -0.3 is 21.6 Å². The van der Waals surface area contributed by atoms with Crippen LogP contribution in [0.2, 0.25) is 0 Å². The number of nitrogen functional groups attached to an aromatic ring is 1. The Bertz CT molecular complexity index is 813. The van der Waals surface area contributed by atoms with Gasteiger partial charge in [0.05, 0.1) is 15.8 Å². The van der Waals surface area contributed by atoms with Crippen LogP contribution in [0, 0.1) is 5.92 Å². The normalized spacial score (nSPS) is 10.8. The zero-order valence-corrected chi connectivity index (χ0v) is 14.9. The Morgan fingerprint density at radius 1 is 1.26 bits per heavy atom. The van der Waals surface area contributed by atoms with Crippen molar-refractivity contribution in [2.75, 3.05) is 17.6 Å². The molecule has 1 aromatic heterocycles. The van der Waals surface area contributed by atoms with Gasteiger partial charge in [-0.05, 0) is 52.2 Å². The van der Waals surface area contributed by atoms with Crippen LogP contribution in [0.4, 0.5) is 11.4 Å². The lowest BCUT2D eigenvalue weighted by Gasteiger charge is -2.11. The molecule has 0 bridgehead atoms. The van der Waals surface area contributed by atoms with Gasteiger partial charge in [0.25, 0.3) is 0 Å². The summed E-state index contributed by atoms with van der Waals surface area (Å²) in [7, 11) is 0. The Kier molecular flexibility index (Phi) is 5.28. The molecule has 5 nitrogen and oxygen atoms in total. The average molecular weight is 377 g/mol. The van der Waals surface area contributed by atoms with E-state index in [1.54, 1.807) is 0 Å². The summed E-state index contributed by atoms with van der Waals surface area (Å²) in [6.07, 6.45) is 0. The van der Waals surface area contributed by atoms with Crippen molar-refractivity contribution in [2.24, 2.45) is 5.92 Å². The van der Waals surface area contributed by atoms with Gasteiger partial charge in [-0.2, -0.15) is 0 Å². The molecular formula is C17H21BrN4O. The number of oxazole rings is 1. The molecule has 0 saturated carbocycles. The topological polar surface area (TPSA) is 99.1 Å². The quantitative estimate of drug-likeness (QED) is 0.552. The monoisotopic (exact) mass is 376 g/mol. The zero-order valence-electron chi connectivity index (χ0n) is 13.3. The first-order chi connectivity index (χ1) is 10.5. The summed E-state index contributed by atoms with van der Waals surface area (Å²) in [5, 5.41) is 3.34. The summed E-state index contributed by atoms with van der Waals surface area (Å²) in [4.78, 5) is 4.52. The smallest absolute Gasteiger partial charge is 0.227 e. The molecule has 0 amide bonds. The van der Waals surface area contributed by atoms with Gasteiger partial charge in [-0.25, -0.2) is 4.98 Å². The van der Waals surface area contributed by atoms with Crippen molar-refractivity contribution in [3.8, 4) is 11.5 Å². The third-order valence-corrected chi connectivity index (χ3v) is 3.99. The molecule has 6 heteroatoms. The van der Waals surface area contributed by atoms with Crippen molar-refractivity contribution < 1.29 is 4.42 Å². The maximum Gasteiger partial charge on any atom is 0.227 e. The Morgan fingerprint density at radius 2 is 2.04 bits per heavy atom. The summed E-state index contributed by atoms with van der Waals surface area (Å²) < 4.78 is 6.74. The molecular weight excluding hydrogens is 356 g/mol. The summed E-state index contributed by atoms with van der Waals surface area (Å²) in [5.41, 5.74) is 10.2. The van der Waals surface area contributed by atoms with Crippen LogP contribution >= 0.6 is 15.9 Å². The van der Waals surface area contributed by atoms with Gasteiger partial charge in [-0.15, -0.1) is 0 Å². The third kappa shape index (κ3) is 3.65. The molecule has 23 heavy (non-hydrogen) atoms. The number of nitrogens with two attached hydrogens (primary N) is 1. The van der Waals surface area contributed by atoms with Gasteiger partial charge in [0, 0.05) is 12.1 Å². The van der Waals surface area contributed by atoms with E-state index in [0.717, 1.165) is 33.4 Å². The Morgan fingerprint density at radius 3 is 2.70 bits per heavy atom. The second-order valence-corrected chi connectivity index (χ2v) is 6.54. The van der Waals surface area contributed by atoms with Crippen LogP contribution in [0.25, 0.3) is 22.6 Å². The Balaban J connectivity index is 0.00000192. The number of benzene rings is 2. The van der Waals surface area contributed by atoms with Crippen LogP contribution < -0.4 is 17.2 Å². The number of nitrogens with one attached hydrogen (secondary N) is 1. The minimum atomic E-state index is 0. The van der Waals surface area contributed by atoms with Gasteiger partial charge in [0.15, 0.2) is 5.58 Å². The first kappa shape index (κ1) is 17.3. The number of anilines is 2. The molecule has 0 unspecified atom stereocenters. The maximum absolute atomic E-state index is 6.13. The molecule has 0 aliphatic heterocycles. The molecule has 1 heterocycles. The maximum atomic E-state index is 6.13.